The Kier molecular flexibility index (Phi) is 5.16. The lowest BCUT2D eigenvalue weighted by molar-refractivity contribution is -0.117. The van der Waals surface area contributed by atoms with Crippen LogP contribution < -0.4 is 0 Å². The minimum atomic E-state index is -3.86. The number of benzene rings is 1. The first-order valence-corrected chi connectivity index (χ1v) is 10.2. The van der Waals surface area contributed by atoms with Crippen molar-refractivity contribution in [3.05, 3.63) is 40.4 Å². The highest BCUT2D eigenvalue weighted by molar-refractivity contribution is 9.13. The Labute approximate surface area is 154 Å². The standard InChI is InChI=1S/C14H12Br3NO3S/c1-8-10(15)11(12(16)14(2,17)13(8)19)18-22(20,21)9-6-4-3-5-7-9/h3-7,12H,1-2H3. The van der Waals surface area contributed by atoms with Gasteiger partial charge >= 0.3 is 0 Å². The number of allylic oxidation sites excluding steroid dienone is 2. The molecule has 0 bridgehead atoms. The third-order valence-corrected chi connectivity index (χ3v) is 8.40. The predicted octanol–water partition coefficient (Wildman–Crippen LogP) is 3.99. The molecule has 4 nitrogen and oxygen atoms in total. The molecule has 118 valence electrons. The molecule has 0 aliphatic heterocycles. The number of nitrogens with zero attached hydrogens (tertiary/aromatic N) is 1. The maximum Gasteiger partial charge on any atom is 0.282 e. The monoisotopic (exact) mass is 511 g/mol. The van der Waals surface area contributed by atoms with Crippen molar-refractivity contribution in [3.63, 3.8) is 0 Å². The van der Waals surface area contributed by atoms with E-state index >= 15 is 0 Å². The first-order chi connectivity index (χ1) is 10.1. The number of sulfonamides is 1. The molecule has 1 aliphatic rings. The second-order valence-corrected chi connectivity index (χ2v) is 9.93. The van der Waals surface area contributed by atoms with Crippen LogP contribution in [-0.4, -0.2) is 29.1 Å². The Bertz CT molecular complexity index is 783. The average molecular weight is 514 g/mol. The van der Waals surface area contributed by atoms with Gasteiger partial charge in [0.25, 0.3) is 10.0 Å². The Morgan fingerprint density at radius 2 is 1.77 bits per heavy atom. The van der Waals surface area contributed by atoms with Gasteiger partial charge in [0.1, 0.15) is 4.32 Å². The smallest absolute Gasteiger partial charge is 0.282 e. The predicted molar refractivity (Wildman–Crippen MR) is 97.7 cm³/mol. The van der Waals surface area contributed by atoms with Gasteiger partial charge in [0.15, 0.2) is 5.78 Å². The Balaban J connectivity index is 2.63. The average Bonchev–Trinajstić information content (AvgIpc) is 2.49. The number of carbonyl (C=O) groups is 1. The molecule has 2 atom stereocenters. The van der Waals surface area contributed by atoms with Crippen molar-refractivity contribution in [1.29, 1.82) is 0 Å². The molecule has 0 heterocycles. The summed E-state index contributed by atoms with van der Waals surface area (Å²) in [4.78, 5) is 11.8. The van der Waals surface area contributed by atoms with Gasteiger partial charge in [-0.05, 0) is 41.9 Å². The SMILES string of the molecule is CC1=C(Br)C(=NS(=O)(=O)c2ccccc2)C(Br)C(C)(Br)C1=O. The molecular formula is C14H12Br3NO3S. The zero-order valence-corrected chi connectivity index (χ0v) is 17.3. The topological polar surface area (TPSA) is 63.6 Å². The van der Waals surface area contributed by atoms with Crippen molar-refractivity contribution in [3.8, 4) is 0 Å². The summed E-state index contributed by atoms with van der Waals surface area (Å²) in [5, 5.41) is 0. The highest BCUT2D eigenvalue weighted by Gasteiger charge is 2.46. The van der Waals surface area contributed by atoms with E-state index in [1.54, 1.807) is 32.0 Å². The summed E-state index contributed by atoms with van der Waals surface area (Å²) in [7, 11) is -3.86. The molecule has 1 aromatic carbocycles. The highest BCUT2D eigenvalue weighted by Crippen LogP contribution is 2.41. The zero-order valence-electron chi connectivity index (χ0n) is 11.7. The van der Waals surface area contributed by atoms with Crippen LogP contribution in [0.3, 0.4) is 0 Å². The summed E-state index contributed by atoms with van der Waals surface area (Å²) in [6, 6.07) is 7.96. The third-order valence-electron chi connectivity index (χ3n) is 3.31. The van der Waals surface area contributed by atoms with E-state index in [0.717, 1.165) is 0 Å². The van der Waals surface area contributed by atoms with E-state index in [2.05, 4.69) is 52.2 Å². The molecule has 0 fully saturated rings. The molecule has 0 N–H and O–H groups in total. The number of alkyl halides is 2. The van der Waals surface area contributed by atoms with Gasteiger partial charge in [0.2, 0.25) is 0 Å². The molecule has 0 aromatic heterocycles. The molecule has 0 saturated carbocycles. The van der Waals surface area contributed by atoms with Crippen molar-refractivity contribution in [2.75, 3.05) is 0 Å². The van der Waals surface area contributed by atoms with Crippen molar-refractivity contribution in [1.82, 2.24) is 0 Å². The molecule has 0 spiro atoms. The van der Waals surface area contributed by atoms with E-state index in [9.17, 15) is 13.2 Å². The van der Waals surface area contributed by atoms with Gasteiger partial charge in [-0.1, -0.05) is 50.1 Å². The molecule has 1 aliphatic carbocycles. The number of hydrogen-bond donors (Lipinski definition) is 0. The normalized spacial score (nSPS) is 28.3. The van der Waals surface area contributed by atoms with Crippen LogP contribution >= 0.6 is 47.8 Å². The zero-order chi connectivity index (χ0) is 16.7. The van der Waals surface area contributed by atoms with Gasteiger partial charge in [-0.25, -0.2) is 0 Å². The molecule has 2 rings (SSSR count). The summed E-state index contributed by atoms with van der Waals surface area (Å²) >= 11 is 10.0. The second kappa shape index (κ2) is 6.30. The van der Waals surface area contributed by atoms with Gasteiger partial charge in [0, 0.05) is 10.1 Å². The first-order valence-electron chi connectivity index (χ1n) is 6.23. The lowest BCUT2D eigenvalue weighted by atomic mass is 9.88. The van der Waals surface area contributed by atoms with E-state index < -0.39 is 19.2 Å². The maximum atomic E-state index is 12.4. The van der Waals surface area contributed by atoms with Crippen LogP contribution in [-0.2, 0) is 14.8 Å². The van der Waals surface area contributed by atoms with Gasteiger partial charge in [-0.2, -0.15) is 12.8 Å². The van der Waals surface area contributed by atoms with Crippen molar-refractivity contribution < 1.29 is 13.2 Å². The number of rotatable bonds is 2. The van der Waals surface area contributed by atoms with Crippen LogP contribution in [0, 0.1) is 0 Å². The highest BCUT2D eigenvalue weighted by atomic mass is 79.9. The third kappa shape index (κ3) is 3.16. The summed E-state index contributed by atoms with van der Waals surface area (Å²) in [5.41, 5.74) is 0.692. The molecule has 22 heavy (non-hydrogen) atoms. The van der Waals surface area contributed by atoms with Gasteiger partial charge in [-0.3, -0.25) is 4.79 Å². The number of hydrogen-bond acceptors (Lipinski definition) is 3. The molecule has 8 heteroatoms. The van der Waals surface area contributed by atoms with Crippen LogP contribution in [0.2, 0.25) is 0 Å². The van der Waals surface area contributed by atoms with Crippen LogP contribution in [0.5, 0.6) is 0 Å². The fourth-order valence-electron chi connectivity index (χ4n) is 2.00. The summed E-state index contributed by atoms with van der Waals surface area (Å²) in [6.45, 7) is 3.32. The second-order valence-electron chi connectivity index (χ2n) is 4.97. The minimum absolute atomic E-state index is 0.105. The Morgan fingerprint density at radius 1 is 1.23 bits per heavy atom. The lowest BCUT2D eigenvalue weighted by Gasteiger charge is -2.33. The number of carbonyl (C=O) groups excluding carboxylic acids is 1. The van der Waals surface area contributed by atoms with E-state index in [-0.39, 0.29) is 16.4 Å². The van der Waals surface area contributed by atoms with Crippen LogP contribution in [0.1, 0.15) is 13.8 Å². The van der Waals surface area contributed by atoms with Gasteiger partial charge in [0.05, 0.1) is 15.4 Å². The van der Waals surface area contributed by atoms with Gasteiger partial charge in [-0.15, -0.1) is 0 Å². The van der Waals surface area contributed by atoms with Crippen LogP contribution in [0.15, 0.2) is 49.7 Å². The molecule has 0 saturated heterocycles. The minimum Gasteiger partial charge on any atom is -0.293 e. The quantitative estimate of drug-likeness (QED) is 0.562. The molecule has 1 aromatic rings. The summed E-state index contributed by atoms with van der Waals surface area (Å²) in [6.07, 6.45) is 0. The fraction of sp³-hybridized carbons (Fsp3) is 0.286. The van der Waals surface area contributed by atoms with E-state index in [4.69, 9.17) is 0 Å². The van der Waals surface area contributed by atoms with Gasteiger partial charge < -0.3 is 0 Å². The van der Waals surface area contributed by atoms with E-state index in [1.807, 2.05) is 0 Å². The summed E-state index contributed by atoms with van der Waals surface area (Å²) < 4.78 is 28.3. The largest absolute Gasteiger partial charge is 0.293 e. The molecular weight excluding hydrogens is 502 g/mol. The molecule has 2 unspecified atom stereocenters. The fourth-order valence-corrected chi connectivity index (χ4v) is 5.18. The summed E-state index contributed by atoms with van der Waals surface area (Å²) in [5.74, 6) is -0.127. The van der Waals surface area contributed by atoms with E-state index in [1.165, 1.54) is 12.1 Å². The number of Topliss-reactive ketones (excluding diaryl/α,β-unsaturated/α-hetero) is 1. The molecule has 0 amide bonds. The Hall–Kier alpha value is -0.310. The van der Waals surface area contributed by atoms with Crippen molar-refractivity contribution in [2.24, 2.45) is 4.40 Å². The lowest BCUT2D eigenvalue weighted by Crippen LogP contribution is -2.47. The van der Waals surface area contributed by atoms with Crippen molar-refractivity contribution in [2.45, 2.75) is 27.9 Å². The maximum absolute atomic E-state index is 12.4. The number of ketones is 1. The Morgan fingerprint density at radius 3 is 2.32 bits per heavy atom. The first kappa shape index (κ1) is 18.0. The number of halogens is 3. The molecule has 0 radical (unpaired) electrons. The van der Waals surface area contributed by atoms with Crippen LogP contribution in [0.25, 0.3) is 0 Å². The van der Waals surface area contributed by atoms with Crippen LogP contribution in [0.4, 0.5) is 0 Å². The van der Waals surface area contributed by atoms with Crippen molar-refractivity contribution >= 4 is 69.3 Å². The van der Waals surface area contributed by atoms with E-state index in [0.29, 0.717) is 10.1 Å².